The Morgan fingerprint density at radius 1 is 1.32 bits per heavy atom. The Labute approximate surface area is 134 Å². The molecule has 1 aliphatic rings. The van der Waals surface area contributed by atoms with Gasteiger partial charge in [-0.2, -0.15) is 0 Å². The second-order valence-electron chi connectivity index (χ2n) is 5.61. The number of carboxylic acid groups (broad SMARTS) is 1. The second-order valence-corrected chi connectivity index (χ2v) is 6.01. The van der Waals surface area contributed by atoms with Crippen LogP contribution in [-0.4, -0.2) is 29.6 Å². The smallest absolute Gasteiger partial charge is 0.306 e. The van der Waals surface area contributed by atoms with E-state index in [1.807, 2.05) is 6.92 Å². The van der Waals surface area contributed by atoms with Crippen LogP contribution in [0.1, 0.15) is 31.2 Å². The number of hydrogen-bond acceptors (Lipinski definition) is 3. The summed E-state index contributed by atoms with van der Waals surface area (Å²) in [6.45, 7) is 1.77. The zero-order valence-electron chi connectivity index (χ0n) is 12.5. The van der Waals surface area contributed by atoms with Crippen molar-refractivity contribution in [3.8, 4) is 5.75 Å². The van der Waals surface area contributed by atoms with Crippen LogP contribution in [-0.2, 0) is 9.59 Å². The number of aliphatic carboxylic acids is 1. The van der Waals surface area contributed by atoms with Crippen molar-refractivity contribution in [2.45, 2.75) is 38.6 Å². The van der Waals surface area contributed by atoms with Gasteiger partial charge in [0.1, 0.15) is 5.75 Å². The highest BCUT2D eigenvalue weighted by Gasteiger charge is 2.26. The number of amides is 1. The molecular formula is C16H20ClNO4. The van der Waals surface area contributed by atoms with Crippen LogP contribution in [0.15, 0.2) is 18.2 Å². The van der Waals surface area contributed by atoms with Gasteiger partial charge in [-0.1, -0.05) is 17.7 Å². The van der Waals surface area contributed by atoms with Crippen LogP contribution in [0.4, 0.5) is 0 Å². The Morgan fingerprint density at radius 3 is 2.64 bits per heavy atom. The van der Waals surface area contributed by atoms with E-state index < -0.39 is 5.97 Å². The van der Waals surface area contributed by atoms with E-state index in [0.29, 0.717) is 36.5 Å². The highest BCUT2D eigenvalue weighted by Crippen LogP contribution is 2.26. The van der Waals surface area contributed by atoms with Gasteiger partial charge in [0.2, 0.25) is 0 Å². The molecule has 2 rings (SSSR count). The quantitative estimate of drug-likeness (QED) is 0.873. The molecule has 1 aromatic carbocycles. The first-order valence-electron chi connectivity index (χ1n) is 7.37. The molecule has 0 atom stereocenters. The Kier molecular flexibility index (Phi) is 5.66. The summed E-state index contributed by atoms with van der Waals surface area (Å²) in [6.07, 6.45) is 2.60. The highest BCUT2D eigenvalue weighted by molar-refractivity contribution is 6.31. The lowest BCUT2D eigenvalue weighted by molar-refractivity contribution is -0.142. The van der Waals surface area contributed by atoms with Crippen LogP contribution in [0, 0.1) is 12.8 Å². The van der Waals surface area contributed by atoms with Crippen LogP contribution >= 0.6 is 11.6 Å². The molecule has 0 saturated heterocycles. The zero-order chi connectivity index (χ0) is 16.1. The standard InChI is InChI=1S/C16H20ClNO4/c1-10-13(17)3-2-4-14(10)22-9-15(19)18-12-7-5-11(6-8-12)16(20)21/h2-4,11-12H,5-9H2,1H3,(H,18,19)(H,20,21). The number of halogens is 1. The van der Waals surface area contributed by atoms with E-state index in [-0.39, 0.29) is 24.5 Å². The summed E-state index contributed by atoms with van der Waals surface area (Å²) in [6, 6.07) is 5.35. The predicted molar refractivity (Wildman–Crippen MR) is 83.2 cm³/mol. The summed E-state index contributed by atoms with van der Waals surface area (Å²) < 4.78 is 5.49. The monoisotopic (exact) mass is 325 g/mol. The minimum absolute atomic E-state index is 0.0344. The first-order chi connectivity index (χ1) is 10.5. The fourth-order valence-electron chi connectivity index (χ4n) is 2.64. The summed E-state index contributed by atoms with van der Waals surface area (Å²) in [5.41, 5.74) is 0.805. The zero-order valence-corrected chi connectivity index (χ0v) is 13.2. The summed E-state index contributed by atoms with van der Waals surface area (Å²) in [5.74, 6) is -0.626. The van der Waals surface area contributed by atoms with Crippen molar-refractivity contribution < 1.29 is 19.4 Å². The van der Waals surface area contributed by atoms with Crippen LogP contribution < -0.4 is 10.1 Å². The lowest BCUT2D eigenvalue weighted by Crippen LogP contribution is -2.40. The van der Waals surface area contributed by atoms with E-state index in [9.17, 15) is 9.59 Å². The molecular weight excluding hydrogens is 306 g/mol. The van der Waals surface area contributed by atoms with Crippen molar-refractivity contribution >= 4 is 23.5 Å². The van der Waals surface area contributed by atoms with Gasteiger partial charge in [-0.15, -0.1) is 0 Å². The molecule has 6 heteroatoms. The SMILES string of the molecule is Cc1c(Cl)cccc1OCC(=O)NC1CCC(C(=O)O)CC1. The van der Waals surface area contributed by atoms with Crippen molar-refractivity contribution in [2.24, 2.45) is 5.92 Å². The van der Waals surface area contributed by atoms with Crippen molar-refractivity contribution in [1.29, 1.82) is 0 Å². The molecule has 2 N–H and O–H groups in total. The Hall–Kier alpha value is -1.75. The molecule has 0 aliphatic heterocycles. The van der Waals surface area contributed by atoms with Gasteiger partial charge in [0.25, 0.3) is 5.91 Å². The minimum Gasteiger partial charge on any atom is -0.483 e. The van der Waals surface area contributed by atoms with Gasteiger partial charge < -0.3 is 15.2 Å². The third-order valence-corrected chi connectivity index (χ3v) is 4.43. The van der Waals surface area contributed by atoms with Gasteiger partial charge in [-0.05, 0) is 44.7 Å². The fraction of sp³-hybridized carbons (Fsp3) is 0.500. The molecule has 1 saturated carbocycles. The number of benzene rings is 1. The molecule has 5 nitrogen and oxygen atoms in total. The van der Waals surface area contributed by atoms with Gasteiger partial charge in [0.15, 0.2) is 6.61 Å². The Balaban J connectivity index is 1.77. The van der Waals surface area contributed by atoms with Gasteiger partial charge in [-0.3, -0.25) is 9.59 Å². The summed E-state index contributed by atoms with van der Waals surface area (Å²) in [4.78, 5) is 22.8. The number of carbonyl (C=O) groups is 2. The average Bonchev–Trinajstić information content (AvgIpc) is 2.49. The number of carboxylic acids is 1. The van der Waals surface area contributed by atoms with Crippen molar-refractivity contribution in [1.82, 2.24) is 5.32 Å². The van der Waals surface area contributed by atoms with Crippen molar-refractivity contribution in [3.05, 3.63) is 28.8 Å². The number of hydrogen-bond donors (Lipinski definition) is 2. The first-order valence-corrected chi connectivity index (χ1v) is 7.75. The molecule has 120 valence electrons. The third kappa shape index (κ3) is 4.37. The van der Waals surface area contributed by atoms with E-state index >= 15 is 0 Å². The second kappa shape index (κ2) is 7.49. The molecule has 22 heavy (non-hydrogen) atoms. The summed E-state index contributed by atoms with van der Waals surface area (Å²) >= 11 is 6.00. The molecule has 0 heterocycles. The van der Waals surface area contributed by atoms with E-state index in [0.717, 1.165) is 5.56 Å². The van der Waals surface area contributed by atoms with E-state index in [4.69, 9.17) is 21.4 Å². The average molecular weight is 326 g/mol. The Morgan fingerprint density at radius 2 is 2.00 bits per heavy atom. The van der Waals surface area contributed by atoms with Crippen LogP contribution in [0.5, 0.6) is 5.75 Å². The topological polar surface area (TPSA) is 75.6 Å². The lowest BCUT2D eigenvalue weighted by atomic mass is 9.86. The van der Waals surface area contributed by atoms with Crippen molar-refractivity contribution in [3.63, 3.8) is 0 Å². The molecule has 0 aromatic heterocycles. The van der Waals surface area contributed by atoms with Crippen LogP contribution in [0.3, 0.4) is 0 Å². The first kappa shape index (κ1) is 16.6. The van der Waals surface area contributed by atoms with E-state index in [2.05, 4.69) is 5.32 Å². The van der Waals surface area contributed by atoms with Gasteiger partial charge >= 0.3 is 5.97 Å². The van der Waals surface area contributed by atoms with Gasteiger partial charge in [0, 0.05) is 16.6 Å². The van der Waals surface area contributed by atoms with Crippen LogP contribution in [0.2, 0.25) is 5.02 Å². The molecule has 0 spiro atoms. The van der Waals surface area contributed by atoms with E-state index in [1.54, 1.807) is 18.2 Å². The summed E-state index contributed by atoms with van der Waals surface area (Å²) in [7, 11) is 0. The normalized spacial score (nSPS) is 21.2. The number of nitrogens with one attached hydrogen (secondary N) is 1. The Bertz CT molecular complexity index is 553. The molecule has 1 fully saturated rings. The molecule has 1 amide bonds. The number of rotatable bonds is 5. The third-order valence-electron chi connectivity index (χ3n) is 4.02. The maximum atomic E-state index is 11.9. The molecule has 0 bridgehead atoms. The maximum absolute atomic E-state index is 11.9. The van der Waals surface area contributed by atoms with Gasteiger partial charge in [0.05, 0.1) is 5.92 Å². The fourth-order valence-corrected chi connectivity index (χ4v) is 2.81. The highest BCUT2D eigenvalue weighted by atomic mass is 35.5. The lowest BCUT2D eigenvalue weighted by Gasteiger charge is -2.26. The van der Waals surface area contributed by atoms with E-state index in [1.165, 1.54) is 0 Å². The van der Waals surface area contributed by atoms with Gasteiger partial charge in [-0.25, -0.2) is 0 Å². The summed E-state index contributed by atoms with van der Waals surface area (Å²) in [5, 5.41) is 12.4. The molecule has 0 unspecified atom stereocenters. The molecule has 0 radical (unpaired) electrons. The van der Waals surface area contributed by atoms with Crippen LogP contribution in [0.25, 0.3) is 0 Å². The minimum atomic E-state index is -0.746. The molecule has 1 aromatic rings. The largest absolute Gasteiger partial charge is 0.483 e. The number of ether oxygens (including phenoxy) is 1. The van der Waals surface area contributed by atoms with Crippen molar-refractivity contribution in [2.75, 3.05) is 6.61 Å². The maximum Gasteiger partial charge on any atom is 0.306 e. The molecule has 1 aliphatic carbocycles. The predicted octanol–water partition coefficient (Wildman–Crippen LogP) is 2.79. The number of carbonyl (C=O) groups excluding carboxylic acids is 1.